The first-order valence-electron chi connectivity index (χ1n) is 6.13. The molecule has 2 aromatic carbocycles. The van der Waals surface area contributed by atoms with Gasteiger partial charge in [0.15, 0.2) is 0 Å². The molecule has 0 aliphatic heterocycles. The maximum atomic E-state index is 11.2. The Morgan fingerprint density at radius 1 is 0.952 bits per heavy atom. The number of ether oxygens (including phenoxy) is 2. The van der Waals surface area contributed by atoms with Gasteiger partial charge in [-0.25, -0.2) is 4.57 Å². The Hall–Kier alpha value is -1.33. The highest BCUT2D eigenvalue weighted by atomic mass is 79.9. The molecule has 1 N–H and O–H groups in total. The van der Waals surface area contributed by atoms with Crippen LogP contribution < -0.4 is 9.47 Å². The molecule has 0 fully saturated rings. The van der Waals surface area contributed by atoms with Crippen molar-refractivity contribution in [2.75, 3.05) is 6.61 Å². The van der Waals surface area contributed by atoms with Crippen molar-refractivity contribution in [3.63, 3.8) is 0 Å². The molecule has 0 aliphatic rings. The fourth-order valence-electron chi connectivity index (χ4n) is 1.55. The summed E-state index contributed by atoms with van der Waals surface area (Å²) in [5.41, 5.74) is 0. The highest BCUT2D eigenvalue weighted by Crippen LogP contribution is 2.50. The second-order valence-electron chi connectivity index (χ2n) is 4.04. The van der Waals surface area contributed by atoms with Crippen LogP contribution in [0.25, 0.3) is 0 Å². The van der Waals surface area contributed by atoms with Crippen molar-refractivity contribution in [1.29, 1.82) is 0 Å². The summed E-state index contributed by atoms with van der Waals surface area (Å²) in [7, 11) is 0. The van der Waals surface area contributed by atoms with Crippen molar-refractivity contribution >= 4 is 21.8 Å². The van der Waals surface area contributed by atoms with Gasteiger partial charge in [0.1, 0.15) is 18.1 Å². The smallest absolute Gasteiger partial charge is 0.393 e. The summed E-state index contributed by atoms with van der Waals surface area (Å²) in [6.07, 6.45) is -4.63. The fourth-order valence-corrected chi connectivity index (χ4v) is 2.21. The fraction of sp³-hybridized carbons (Fsp3) is 0.143. The van der Waals surface area contributed by atoms with Gasteiger partial charge in [-0.2, -0.15) is 0 Å². The van der Waals surface area contributed by atoms with Crippen LogP contribution in [0.1, 0.15) is 0 Å². The zero-order valence-electron chi connectivity index (χ0n) is 11.0. The van der Waals surface area contributed by atoms with Crippen molar-refractivity contribution < 1.29 is 23.5 Å². The molecule has 21 heavy (non-hydrogen) atoms. The third kappa shape index (κ3) is 6.31. The van der Waals surface area contributed by atoms with E-state index >= 15 is 0 Å². The Balaban J connectivity index is 2.04. The summed E-state index contributed by atoms with van der Waals surface area (Å²) < 4.78 is 27.2. The molecule has 2 rings (SSSR count). The van der Waals surface area contributed by atoms with Crippen LogP contribution in [-0.2, 0) is 9.09 Å². The molecule has 1 atom stereocenters. The lowest BCUT2D eigenvalue weighted by atomic mass is 10.3. The molecule has 0 aromatic heterocycles. The molecule has 0 bridgehead atoms. The largest absolute Gasteiger partial charge is 0.452 e. The average molecular weight is 373 g/mol. The van der Waals surface area contributed by atoms with Gasteiger partial charge in [0.25, 0.3) is 6.29 Å². The zero-order valence-corrected chi connectivity index (χ0v) is 13.4. The van der Waals surface area contributed by atoms with E-state index in [-0.39, 0.29) is 6.61 Å². The molecule has 0 spiro atoms. The van der Waals surface area contributed by atoms with Crippen LogP contribution in [0.4, 0.5) is 0 Å². The van der Waals surface area contributed by atoms with Crippen LogP contribution in [0.3, 0.4) is 0 Å². The van der Waals surface area contributed by atoms with E-state index in [0.717, 1.165) is 0 Å². The molecule has 2 aromatic rings. The zero-order chi connectivity index (χ0) is 15.1. The van der Waals surface area contributed by atoms with Gasteiger partial charge < -0.3 is 14.4 Å². The van der Waals surface area contributed by atoms with Crippen LogP contribution in [-0.4, -0.2) is 17.8 Å². The quantitative estimate of drug-likeness (QED) is 0.588. The van der Waals surface area contributed by atoms with Crippen LogP contribution >= 0.6 is 21.8 Å². The molecule has 112 valence electrons. The Morgan fingerprint density at radius 3 is 1.76 bits per heavy atom. The summed E-state index contributed by atoms with van der Waals surface area (Å²) in [5, 5.41) is 0. The highest BCUT2D eigenvalue weighted by molar-refractivity contribution is 9.39. The normalized spacial score (nSPS) is 13.7. The number of para-hydroxylation sites is 2. The van der Waals surface area contributed by atoms with Gasteiger partial charge in [-0.3, -0.25) is 4.52 Å². The monoisotopic (exact) mass is 372 g/mol. The third-order valence-corrected chi connectivity index (χ3v) is 3.47. The summed E-state index contributed by atoms with van der Waals surface area (Å²) in [6, 6.07) is 18.0. The van der Waals surface area contributed by atoms with E-state index in [0.29, 0.717) is 11.5 Å². The van der Waals surface area contributed by atoms with Gasteiger partial charge in [0.05, 0.1) is 0 Å². The number of benzene rings is 2. The van der Waals surface area contributed by atoms with Crippen molar-refractivity contribution in [2.45, 2.75) is 6.29 Å². The van der Waals surface area contributed by atoms with Crippen molar-refractivity contribution in [3.05, 3.63) is 60.7 Å². The van der Waals surface area contributed by atoms with Gasteiger partial charge in [-0.1, -0.05) is 36.4 Å². The second kappa shape index (κ2) is 7.61. The Kier molecular flexibility index (Phi) is 5.82. The summed E-state index contributed by atoms with van der Waals surface area (Å²) in [6.45, 7) is -0.206. The first-order chi connectivity index (χ1) is 10.0. The minimum Gasteiger partial charge on any atom is -0.452 e. The Morgan fingerprint density at radius 2 is 1.38 bits per heavy atom. The lowest BCUT2D eigenvalue weighted by Crippen LogP contribution is -2.28. The summed E-state index contributed by atoms with van der Waals surface area (Å²) in [4.78, 5) is 9.14. The Labute approximate surface area is 130 Å². The first kappa shape index (κ1) is 16.0. The standard InChI is InChI=1S/C14H14BrO5P/c15-21(16,17)18-11-14(19-12-7-3-1-4-8-12)20-13-9-5-2-6-10-13/h1-10,14H,11H2,(H,16,17). The number of halogens is 1. The molecule has 0 radical (unpaired) electrons. The third-order valence-electron chi connectivity index (χ3n) is 2.39. The summed E-state index contributed by atoms with van der Waals surface area (Å²) in [5.74, 6) is 1.15. The van der Waals surface area contributed by atoms with E-state index in [1.54, 1.807) is 24.3 Å². The van der Waals surface area contributed by atoms with Gasteiger partial charge >= 0.3 is 6.30 Å². The van der Waals surface area contributed by atoms with E-state index in [9.17, 15) is 4.57 Å². The molecular formula is C14H14BrO5P. The molecule has 7 heteroatoms. The lowest BCUT2D eigenvalue weighted by Gasteiger charge is -2.20. The van der Waals surface area contributed by atoms with Gasteiger partial charge in [0, 0.05) is 15.5 Å². The van der Waals surface area contributed by atoms with Gasteiger partial charge in [-0.05, 0) is 24.3 Å². The van der Waals surface area contributed by atoms with Crippen LogP contribution in [0.15, 0.2) is 60.7 Å². The number of hydrogen-bond donors (Lipinski definition) is 1. The SMILES string of the molecule is O=P(O)(Br)OCC(Oc1ccccc1)Oc1ccccc1. The van der Waals surface area contributed by atoms with Crippen LogP contribution in [0.5, 0.6) is 11.5 Å². The topological polar surface area (TPSA) is 65.0 Å². The van der Waals surface area contributed by atoms with Crippen molar-refractivity contribution in [1.82, 2.24) is 0 Å². The maximum Gasteiger partial charge on any atom is 0.393 e. The van der Waals surface area contributed by atoms with E-state index in [2.05, 4.69) is 15.5 Å². The maximum absolute atomic E-state index is 11.2. The number of hydrogen-bond acceptors (Lipinski definition) is 4. The predicted molar refractivity (Wildman–Crippen MR) is 82.6 cm³/mol. The molecule has 1 unspecified atom stereocenters. The lowest BCUT2D eigenvalue weighted by molar-refractivity contribution is -0.0286. The van der Waals surface area contributed by atoms with Gasteiger partial charge in [0.2, 0.25) is 0 Å². The highest BCUT2D eigenvalue weighted by Gasteiger charge is 2.20. The van der Waals surface area contributed by atoms with E-state index < -0.39 is 12.6 Å². The minimum absolute atomic E-state index is 0.206. The molecule has 0 saturated carbocycles. The van der Waals surface area contributed by atoms with E-state index in [1.165, 1.54) is 0 Å². The van der Waals surface area contributed by atoms with Gasteiger partial charge in [-0.15, -0.1) is 0 Å². The van der Waals surface area contributed by atoms with Crippen LogP contribution in [0.2, 0.25) is 0 Å². The second-order valence-corrected chi connectivity index (χ2v) is 7.89. The van der Waals surface area contributed by atoms with E-state index in [1.807, 2.05) is 36.4 Å². The van der Waals surface area contributed by atoms with Crippen molar-refractivity contribution in [3.8, 4) is 11.5 Å². The molecule has 0 heterocycles. The molecule has 0 amide bonds. The first-order valence-corrected chi connectivity index (χ1v) is 9.73. The molecule has 5 nitrogen and oxygen atoms in total. The predicted octanol–water partition coefficient (Wildman–Crippen LogP) is 3.98. The minimum atomic E-state index is -3.78. The Bertz CT molecular complexity index is 545. The summed E-state index contributed by atoms with van der Waals surface area (Å²) >= 11 is 2.56. The van der Waals surface area contributed by atoms with Crippen molar-refractivity contribution in [2.24, 2.45) is 0 Å². The van der Waals surface area contributed by atoms with E-state index in [4.69, 9.17) is 18.9 Å². The van der Waals surface area contributed by atoms with Crippen LogP contribution in [0, 0.1) is 0 Å². The average Bonchev–Trinajstić information content (AvgIpc) is 2.46. The molecular weight excluding hydrogens is 359 g/mol. The molecule has 0 aliphatic carbocycles. The molecule has 0 saturated heterocycles. The number of rotatable bonds is 7.